The Hall–Kier alpha value is -1.64. The lowest BCUT2D eigenvalue weighted by Gasteiger charge is -2.07. The van der Waals surface area contributed by atoms with Crippen LogP contribution in [0.1, 0.15) is 5.69 Å². The molecular formula is C11H13ClN4O3S. The second kappa shape index (κ2) is 5.78. The molecule has 2 aromatic rings. The zero-order valence-electron chi connectivity index (χ0n) is 10.6. The van der Waals surface area contributed by atoms with Crippen LogP contribution >= 0.6 is 11.6 Å². The zero-order chi connectivity index (χ0) is 14.8. The highest BCUT2D eigenvalue weighted by Crippen LogP contribution is 2.10. The second-order valence-electron chi connectivity index (χ2n) is 4.11. The van der Waals surface area contributed by atoms with Crippen molar-refractivity contribution in [3.63, 3.8) is 0 Å². The van der Waals surface area contributed by atoms with Gasteiger partial charge in [0.2, 0.25) is 10.0 Å². The number of aryl methyl sites for hydroxylation is 1. The van der Waals surface area contributed by atoms with E-state index in [9.17, 15) is 13.2 Å². The molecule has 0 bridgehead atoms. The second-order valence-corrected chi connectivity index (χ2v) is 6.28. The van der Waals surface area contributed by atoms with Crippen molar-refractivity contribution >= 4 is 21.6 Å². The summed E-state index contributed by atoms with van der Waals surface area (Å²) in [6, 6.07) is 2.93. The number of aromatic nitrogens is 3. The van der Waals surface area contributed by atoms with Crippen LogP contribution in [-0.4, -0.2) is 29.7 Å². The van der Waals surface area contributed by atoms with Gasteiger partial charge in [0.15, 0.2) is 0 Å². The number of H-pyrrole nitrogens is 1. The van der Waals surface area contributed by atoms with Crippen LogP contribution < -0.4 is 10.3 Å². The number of nitrogens with one attached hydrogen (secondary N) is 2. The van der Waals surface area contributed by atoms with Crippen LogP contribution in [-0.2, 0) is 23.5 Å². The standard InChI is InChI=1S/C11H13ClN4O3S/c1-16-8(2-4-14-16)3-5-15-20(18,19)9-6-10(12)11(17)13-7-9/h2,4,6-7,15H,3,5H2,1H3,(H,13,17). The number of nitrogens with zero attached hydrogens (tertiary/aromatic N) is 2. The van der Waals surface area contributed by atoms with Gasteiger partial charge in [-0.3, -0.25) is 9.48 Å². The highest BCUT2D eigenvalue weighted by atomic mass is 35.5. The largest absolute Gasteiger partial charge is 0.326 e. The van der Waals surface area contributed by atoms with Gasteiger partial charge in [0.05, 0.1) is 4.90 Å². The van der Waals surface area contributed by atoms with Gasteiger partial charge in [-0.1, -0.05) is 11.6 Å². The Morgan fingerprint density at radius 1 is 1.50 bits per heavy atom. The average molecular weight is 317 g/mol. The number of rotatable bonds is 5. The molecule has 0 saturated heterocycles. The molecule has 2 rings (SSSR count). The van der Waals surface area contributed by atoms with Gasteiger partial charge in [-0.25, -0.2) is 13.1 Å². The molecule has 0 spiro atoms. The predicted octanol–water partition coefficient (Wildman–Crippen LogP) is 0.283. The quantitative estimate of drug-likeness (QED) is 0.828. The third-order valence-electron chi connectivity index (χ3n) is 2.74. The summed E-state index contributed by atoms with van der Waals surface area (Å²) in [7, 11) is -1.92. The summed E-state index contributed by atoms with van der Waals surface area (Å²) < 4.78 is 28.1. The van der Waals surface area contributed by atoms with E-state index < -0.39 is 15.6 Å². The molecule has 0 aliphatic heterocycles. The molecule has 0 saturated carbocycles. The number of aromatic amines is 1. The molecular weight excluding hydrogens is 304 g/mol. The Morgan fingerprint density at radius 3 is 2.85 bits per heavy atom. The summed E-state index contributed by atoms with van der Waals surface area (Å²) in [5.74, 6) is 0. The maximum absolute atomic E-state index is 12.0. The van der Waals surface area contributed by atoms with Crippen LogP contribution in [0.3, 0.4) is 0 Å². The van der Waals surface area contributed by atoms with Gasteiger partial charge in [-0.2, -0.15) is 5.10 Å². The topological polar surface area (TPSA) is 96.8 Å². The minimum Gasteiger partial charge on any atom is -0.326 e. The van der Waals surface area contributed by atoms with Crippen LogP contribution in [0.25, 0.3) is 0 Å². The van der Waals surface area contributed by atoms with E-state index in [0.717, 1.165) is 18.0 Å². The molecule has 0 aliphatic rings. The zero-order valence-corrected chi connectivity index (χ0v) is 12.2. The van der Waals surface area contributed by atoms with Crippen molar-refractivity contribution in [1.82, 2.24) is 19.5 Å². The number of hydrogen-bond donors (Lipinski definition) is 2. The van der Waals surface area contributed by atoms with Gasteiger partial charge in [0.25, 0.3) is 5.56 Å². The lowest BCUT2D eigenvalue weighted by Crippen LogP contribution is -2.27. The molecule has 0 fully saturated rings. The van der Waals surface area contributed by atoms with Crippen LogP contribution in [0.2, 0.25) is 5.02 Å². The van der Waals surface area contributed by atoms with Crippen LogP contribution in [0, 0.1) is 0 Å². The number of pyridine rings is 1. The lowest BCUT2D eigenvalue weighted by molar-refractivity contribution is 0.579. The first-order valence-electron chi connectivity index (χ1n) is 5.75. The molecule has 108 valence electrons. The molecule has 0 unspecified atom stereocenters. The van der Waals surface area contributed by atoms with Gasteiger partial charge in [0, 0.05) is 38.1 Å². The van der Waals surface area contributed by atoms with Crippen molar-refractivity contribution in [2.75, 3.05) is 6.54 Å². The predicted molar refractivity (Wildman–Crippen MR) is 74.2 cm³/mol. The minimum absolute atomic E-state index is 0.0768. The fraction of sp³-hybridized carbons (Fsp3) is 0.273. The number of hydrogen-bond acceptors (Lipinski definition) is 4. The van der Waals surface area contributed by atoms with Gasteiger partial charge in [-0.15, -0.1) is 0 Å². The Bertz CT molecular complexity index is 766. The monoisotopic (exact) mass is 316 g/mol. The molecule has 20 heavy (non-hydrogen) atoms. The molecule has 2 aromatic heterocycles. The van der Waals surface area contributed by atoms with Gasteiger partial charge >= 0.3 is 0 Å². The first-order chi connectivity index (χ1) is 9.40. The molecule has 2 N–H and O–H groups in total. The Balaban J connectivity index is 2.06. The minimum atomic E-state index is -3.70. The molecule has 2 heterocycles. The van der Waals surface area contributed by atoms with E-state index >= 15 is 0 Å². The normalized spacial score (nSPS) is 11.7. The van der Waals surface area contributed by atoms with Gasteiger partial charge in [0.1, 0.15) is 5.02 Å². The fourth-order valence-corrected chi connectivity index (χ4v) is 2.90. The first kappa shape index (κ1) is 14.8. The average Bonchev–Trinajstić information content (AvgIpc) is 2.78. The van der Waals surface area contributed by atoms with Gasteiger partial charge in [-0.05, 0) is 12.1 Å². The summed E-state index contributed by atoms with van der Waals surface area (Å²) in [5, 5.41) is 3.83. The van der Waals surface area contributed by atoms with E-state index in [4.69, 9.17) is 11.6 Å². The molecule has 7 nitrogen and oxygen atoms in total. The Labute approximate surface area is 120 Å². The van der Waals surface area contributed by atoms with E-state index in [1.165, 1.54) is 0 Å². The van der Waals surface area contributed by atoms with Crippen molar-refractivity contribution in [2.45, 2.75) is 11.3 Å². The molecule has 0 aromatic carbocycles. The lowest BCUT2D eigenvalue weighted by atomic mass is 10.3. The van der Waals surface area contributed by atoms with Crippen molar-refractivity contribution in [3.05, 3.63) is 45.6 Å². The van der Waals surface area contributed by atoms with E-state index in [1.807, 2.05) is 6.07 Å². The summed E-state index contributed by atoms with van der Waals surface area (Å²) >= 11 is 5.61. The number of sulfonamides is 1. The maximum Gasteiger partial charge on any atom is 0.266 e. The van der Waals surface area contributed by atoms with Crippen molar-refractivity contribution < 1.29 is 8.42 Å². The van der Waals surface area contributed by atoms with Crippen LogP contribution in [0.4, 0.5) is 0 Å². The summed E-state index contributed by atoms with van der Waals surface area (Å²) in [6.45, 7) is 0.221. The molecule has 9 heteroatoms. The van der Waals surface area contributed by atoms with Gasteiger partial charge < -0.3 is 4.98 Å². The van der Waals surface area contributed by atoms with E-state index in [2.05, 4.69) is 14.8 Å². The fourth-order valence-electron chi connectivity index (χ4n) is 1.64. The Kier molecular flexibility index (Phi) is 4.26. The van der Waals surface area contributed by atoms with E-state index in [-0.39, 0.29) is 16.5 Å². The summed E-state index contributed by atoms with van der Waals surface area (Å²) in [5.41, 5.74) is 0.382. The molecule has 0 atom stereocenters. The highest BCUT2D eigenvalue weighted by molar-refractivity contribution is 7.89. The first-order valence-corrected chi connectivity index (χ1v) is 7.61. The smallest absolute Gasteiger partial charge is 0.266 e. The molecule has 0 radical (unpaired) electrons. The van der Waals surface area contributed by atoms with Crippen molar-refractivity contribution in [3.8, 4) is 0 Å². The molecule has 0 amide bonds. The Morgan fingerprint density at radius 2 is 2.25 bits per heavy atom. The SMILES string of the molecule is Cn1nccc1CCNS(=O)(=O)c1c[nH]c(=O)c(Cl)c1. The van der Waals surface area contributed by atoms with E-state index in [1.54, 1.807) is 17.9 Å². The summed E-state index contributed by atoms with van der Waals surface area (Å²) in [6.07, 6.45) is 3.26. The maximum atomic E-state index is 12.0. The summed E-state index contributed by atoms with van der Waals surface area (Å²) in [4.78, 5) is 13.3. The van der Waals surface area contributed by atoms with Crippen LogP contribution in [0.15, 0.2) is 34.2 Å². The van der Waals surface area contributed by atoms with E-state index in [0.29, 0.717) is 6.42 Å². The number of halogens is 1. The third-order valence-corrected chi connectivity index (χ3v) is 4.46. The highest BCUT2D eigenvalue weighted by Gasteiger charge is 2.15. The van der Waals surface area contributed by atoms with Crippen molar-refractivity contribution in [2.24, 2.45) is 7.05 Å². The third kappa shape index (κ3) is 3.27. The molecule has 0 aliphatic carbocycles. The van der Waals surface area contributed by atoms with Crippen molar-refractivity contribution in [1.29, 1.82) is 0 Å². The van der Waals surface area contributed by atoms with Crippen LogP contribution in [0.5, 0.6) is 0 Å².